The molecule has 0 bridgehead atoms. The molecule has 0 aromatic heterocycles. The van der Waals surface area contributed by atoms with Crippen molar-refractivity contribution in [2.24, 2.45) is 0 Å². The van der Waals surface area contributed by atoms with Gasteiger partial charge in [0.25, 0.3) is 0 Å². The normalized spacial score (nSPS) is 10.9. The molecule has 0 atom stereocenters. The zero-order chi connectivity index (χ0) is 15.5. The smallest absolute Gasteiger partial charge is 0.0373 e. The molecule has 0 spiro atoms. The average molecular weight is 481 g/mol. The van der Waals surface area contributed by atoms with Crippen LogP contribution in [-0.2, 0) is 0 Å². The molecule has 3 aromatic rings. The summed E-state index contributed by atoms with van der Waals surface area (Å²) in [5, 5.41) is 0. The summed E-state index contributed by atoms with van der Waals surface area (Å²) < 4.78 is 3.35. The first kappa shape index (κ1) is 16.0. The van der Waals surface area contributed by atoms with Crippen LogP contribution in [0.4, 0.5) is 0 Å². The van der Waals surface area contributed by atoms with Gasteiger partial charge in [0.1, 0.15) is 0 Å². The van der Waals surface area contributed by atoms with E-state index in [1.807, 2.05) is 18.2 Å². The molecule has 0 saturated carbocycles. The predicted molar refractivity (Wildman–Crippen MR) is 103 cm³/mol. The van der Waals surface area contributed by atoms with Crippen molar-refractivity contribution in [3.63, 3.8) is 0 Å². The Morgan fingerprint density at radius 1 is 0.455 bits per heavy atom. The molecule has 0 amide bonds. The van der Waals surface area contributed by atoms with E-state index >= 15 is 0 Å². The zero-order valence-electron chi connectivity index (χ0n) is 11.6. The fraction of sp³-hybridized carbons (Fsp3) is 0.0526. The van der Waals surface area contributed by atoms with E-state index in [1.54, 1.807) is 0 Å². The quantitative estimate of drug-likeness (QED) is 0.349. The van der Waals surface area contributed by atoms with Gasteiger partial charge in [0.05, 0.1) is 0 Å². The molecule has 0 aliphatic heterocycles. The van der Waals surface area contributed by atoms with Gasteiger partial charge in [-0.15, -0.1) is 0 Å². The third-order valence-electron chi connectivity index (χ3n) is 3.65. The van der Waals surface area contributed by atoms with Crippen molar-refractivity contribution in [2.45, 2.75) is 5.92 Å². The predicted octanol–water partition coefficient (Wildman–Crippen LogP) is 7.15. The molecule has 0 aliphatic rings. The Kier molecular flexibility index (Phi) is 5.17. The Morgan fingerprint density at radius 3 is 1.00 bits per heavy atom. The molecule has 0 heterocycles. The second-order valence-corrected chi connectivity index (χ2v) is 7.56. The molecule has 0 radical (unpaired) electrons. The van der Waals surface area contributed by atoms with E-state index < -0.39 is 0 Å². The van der Waals surface area contributed by atoms with Crippen molar-refractivity contribution in [2.75, 3.05) is 0 Å². The van der Waals surface area contributed by atoms with E-state index in [4.69, 9.17) is 0 Å². The highest BCUT2D eigenvalue weighted by Crippen LogP contribution is 2.41. The van der Waals surface area contributed by atoms with Crippen LogP contribution in [-0.4, -0.2) is 0 Å². The van der Waals surface area contributed by atoms with Crippen molar-refractivity contribution >= 4 is 47.8 Å². The van der Waals surface area contributed by atoms with Gasteiger partial charge in [0.2, 0.25) is 0 Å². The molecule has 22 heavy (non-hydrogen) atoms. The van der Waals surface area contributed by atoms with E-state index in [0.717, 1.165) is 13.4 Å². The van der Waals surface area contributed by atoms with Gasteiger partial charge in [0.15, 0.2) is 0 Å². The van der Waals surface area contributed by atoms with Crippen LogP contribution in [0.5, 0.6) is 0 Å². The van der Waals surface area contributed by atoms with E-state index in [2.05, 4.69) is 102 Å². The third kappa shape index (κ3) is 3.22. The number of rotatable bonds is 3. The van der Waals surface area contributed by atoms with Gasteiger partial charge in [-0.2, -0.15) is 0 Å². The Bertz CT molecular complexity index is 688. The summed E-state index contributed by atoms with van der Waals surface area (Å²) in [6.07, 6.45) is 0. The highest BCUT2D eigenvalue weighted by Gasteiger charge is 2.22. The molecule has 0 aliphatic carbocycles. The number of hydrogen-bond donors (Lipinski definition) is 0. The maximum atomic E-state index is 3.71. The number of halogens is 3. The molecule has 3 heteroatoms. The number of hydrogen-bond acceptors (Lipinski definition) is 0. The summed E-state index contributed by atoms with van der Waals surface area (Å²) in [7, 11) is 0. The second-order valence-electron chi connectivity index (χ2n) is 5.00. The van der Waals surface area contributed by atoms with Crippen LogP contribution < -0.4 is 0 Å². The van der Waals surface area contributed by atoms with Crippen LogP contribution in [0.25, 0.3) is 0 Å². The molecule has 0 nitrogen and oxygen atoms in total. The molecule has 3 rings (SSSR count). The Hall–Kier alpha value is -0.900. The highest BCUT2D eigenvalue weighted by molar-refractivity contribution is 9.11. The molecule has 110 valence electrons. The minimum atomic E-state index is 0.154. The van der Waals surface area contributed by atoms with Crippen molar-refractivity contribution in [1.82, 2.24) is 0 Å². The van der Waals surface area contributed by atoms with Gasteiger partial charge in [0, 0.05) is 19.3 Å². The largest absolute Gasteiger partial charge is 0.0619 e. The zero-order valence-corrected chi connectivity index (χ0v) is 16.4. The summed E-state index contributed by atoms with van der Waals surface area (Å²) in [5.74, 6) is 0.154. The lowest BCUT2D eigenvalue weighted by atomic mass is 9.85. The molecule has 3 aromatic carbocycles. The van der Waals surface area contributed by atoms with E-state index in [9.17, 15) is 0 Å². The van der Waals surface area contributed by atoms with Crippen LogP contribution in [0, 0.1) is 0 Å². The van der Waals surface area contributed by atoms with E-state index in [-0.39, 0.29) is 5.92 Å². The lowest BCUT2D eigenvalue weighted by Crippen LogP contribution is -2.06. The SMILES string of the molecule is Brc1ccccc1C(c1ccccc1Br)c1ccccc1Br. The maximum Gasteiger partial charge on any atom is 0.0373 e. The molecular weight excluding hydrogens is 468 g/mol. The monoisotopic (exact) mass is 478 g/mol. The van der Waals surface area contributed by atoms with Crippen LogP contribution in [0.3, 0.4) is 0 Å². The van der Waals surface area contributed by atoms with Crippen LogP contribution >= 0.6 is 47.8 Å². The molecule has 0 N–H and O–H groups in total. The van der Waals surface area contributed by atoms with Gasteiger partial charge < -0.3 is 0 Å². The van der Waals surface area contributed by atoms with Gasteiger partial charge in [-0.1, -0.05) is 102 Å². The van der Waals surface area contributed by atoms with E-state index in [1.165, 1.54) is 16.7 Å². The Labute approximate surface area is 156 Å². The van der Waals surface area contributed by atoms with Gasteiger partial charge >= 0.3 is 0 Å². The van der Waals surface area contributed by atoms with Gasteiger partial charge in [-0.05, 0) is 34.9 Å². The van der Waals surface area contributed by atoms with Crippen LogP contribution in [0.2, 0.25) is 0 Å². The molecule has 0 saturated heterocycles. The van der Waals surface area contributed by atoms with Gasteiger partial charge in [-0.3, -0.25) is 0 Å². The molecular formula is C19H13Br3. The number of benzene rings is 3. The van der Waals surface area contributed by atoms with Crippen LogP contribution in [0.1, 0.15) is 22.6 Å². The summed E-state index contributed by atoms with van der Waals surface area (Å²) >= 11 is 11.1. The first-order chi connectivity index (χ1) is 10.7. The molecule has 0 fully saturated rings. The summed E-state index contributed by atoms with van der Waals surface area (Å²) in [5.41, 5.74) is 3.75. The average Bonchev–Trinajstić information content (AvgIpc) is 2.53. The Morgan fingerprint density at radius 2 is 0.727 bits per heavy atom. The first-order valence-corrected chi connectivity index (χ1v) is 9.29. The van der Waals surface area contributed by atoms with Crippen molar-refractivity contribution in [3.05, 3.63) is 103 Å². The van der Waals surface area contributed by atoms with Crippen molar-refractivity contribution in [1.29, 1.82) is 0 Å². The topological polar surface area (TPSA) is 0 Å². The Balaban J connectivity index is 2.27. The molecule has 0 unspecified atom stereocenters. The van der Waals surface area contributed by atoms with Crippen LogP contribution in [0.15, 0.2) is 86.2 Å². The fourth-order valence-corrected chi connectivity index (χ4v) is 4.17. The van der Waals surface area contributed by atoms with E-state index in [0.29, 0.717) is 0 Å². The first-order valence-electron chi connectivity index (χ1n) is 6.92. The highest BCUT2D eigenvalue weighted by atomic mass is 79.9. The fourth-order valence-electron chi connectivity index (χ4n) is 2.63. The van der Waals surface area contributed by atoms with Gasteiger partial charge in [-0.25, -0.2) is 0 Å². The minimum Gasteiger partial charge on any atom is -0.0619 e. The summed E-state index contributed by atoms with van der Waals surface area (Å²) in [4.78, 5) is 0. The standard InChI is InChI=1S/C19H13Br3/c20-16-10-4-1-7-13(16)19(14-8-2-5-11-17(14)21)15-9-3-6-12-18(15)22/h1-12,19H. The summed E-state index contributed by atoms with van der Waals surface area (Å²) in [6.45, 7) is 0. The lowest BCUT2D eigenvalue weighted by molar-refractivity contribution is 0.956. The lowest BCUT2D eigenvalue weighted by Gasteiger charge is -2.22. The third-order valence-corrected chi connectivity index (χ3v) is 5.82. The van der Waals surface area contributed by atoms with Crippen molar-refractivity contribution in [3.8, 4) is 0 Å². The maximum absolute atomic E-state index is 3.71. The second kappa shape index (κ2) is 7.12. The minimum absolute atomic E-state index is 0.154. The summed E-state index contributed by atoms with van der Waals surface area (Å²) in [6, 6.07) is 25.2. The van der Waals surface area contributed by atoms with Crippen molar-refractivity contribution < 1.29 is 0 Å².